The molecule has 0 unspecified atom stereocenters. The molecule has 1 aromatic carbocycles. The van der Waals surface area contributed by atoms with E-state index in [0.717, 1.165) is 0 Å². The van der Waals surface area contributed by atoms with Crippen LogP contribution in [0.5, 0.6) is 5.75 Å². The van der Waals surface area contributed by atoms with Crippen molar-refractivity contribution in [1.82, 2.24) is 0 Å². The zero-order chi connectivity index (χ0) is 9.84. The second kappa shape index (κ2) is 4.03. The number of Topliss-reactive ketones (excluding diaryl/α,β-unsaturated/α-hetero) is 1. The Morgan fingerprint density at radius 2 is 2.23 bits per heavy atom. The second-order valence-corrected chi connectivity index (χ2v) is 2.83. The number of hydrogen-bond donors (Lipinski definition) is 0. The van der Waals surface area contributed by atoms with Gasteiger partial charge < -0.3 is 4.74 Å². The summed E-state index contributed by atoms with van der Waals surface area (Å²) >= 11 is 0. The van der Waals surface area contributed by atoms with Crippen LogP contribution in [0.1, 0.15) is 13.8 Å². The predicted octanol–water partition coefficient (Wildman–Crippen LogP) is 2.18. The van der Waals surface area contributed by atoms with E-state index >= 15 is 0 Å². The van der Waals surface area contributed by atoms with E-state index < -0.39 is 6.10 Å². The SMILES string of the molecule is CC(=O)[C@@H](C)Oc1cccc(F)c1. The zero-order valence-electron chi connectivity index (χ0n) is 7.58. The van der Waals surface area contributed by atoms with Crippen molar-refractivity contribution < 1.29 is 13.9 Å². The molecule has 0 aromatic heterocycles. The first-order valence-corrected chi connectivity index (χ1v) is 4.02. The minimum Gasteiger partial charge on any atom is -0.483 e. The lowest BCUT2D eigenvalue weighted by atomic mass is 10.3. The molecule has 1 atom stereocenters. The minimum absolute atomic E-state index is 0.0794. The monoisotopic (exact) mass is 182 g/mol. The van der Waals surface area contributed by atoms with Crippen molar-refractivity contribution in [2.75, 3.05) is 0 Å². The van der Waals surface area contributed by atoms with Crippen molar-refractivity contribution in [2.45, 2.75) is 20.0 Å². The highest BCUT2D eigenvalue weighted by molar-refractivity contribution is 5.80. The molecule has 1 rings (SSSR count). The van der Waals surface area contributed by atoms with Gasteiger partial charge in [0, 0.05) is 6.07 Å². The number of ether oxygens (including phenoxy) is 1. The Bertz CT molecular complexity index is 310. The quantitative estimate of drug-likeness (QED) is 0.716. The highest BCUT2D eigenvalue weighted by atomic mass is 19.1. The van der Waals surface area contributed by atoms with E-state index in [1.807, 2.05) is 0 Å². The van der Waals surface area contributed by atoms with Gasteiger partial charge in [-0.2, -0.15) is 0 Å². The molecule has 0 bridgehead atoms. The first kappa shape index (κ1) is 9.71. The lowest BCUT2D eigenvalue weighted by molar-refractivity contribution is -0.122. The molecule has 3 heteroatoms. The van der Waals surface area contributed by atoms with Gasteiger partial charge in [0.25, 0.3) is 0 Å². The van der Waals surface area contributed by atoms with Gasteiger partial charge in [-0.25, -0.2) is 4.39 Å². The molecule has 0 N–H and O–H groups in total. The molecule has 1 aromatic rings. The number of halogens is 1. The molecule has 0 spiro atoms. The number of ketones is 1. The van der Waals surface area contributed by atoms with Crippen molar-refractivity contribution >= 4 is 5.78 Å². The first-order valence-electron chi connectivity index (χ1n) is 4.02. The van der Waals surface area contributed by atoms with E-state index in [1.165, 1.54) is 25.1 Å². The molecule has 0 aliphatic carbocycles. The van der Waals surface area contributed by atoms with Gasteiger partial charge in [-0.3, -0.25) is 4.79 Å². The van der Waals surface area contributed by atoms with Crippen molar-refractivity contribution in [2.24, 2.45) is 0 Å². The summed E-state index contributed by atoms with van der Waals surface area (Å²) in [6.07, 6.45) is -0.526. The van der Waals surface area contributed by atoms with Gasteiger partial charge in [-0.15, -0.1) is 0 Å². The van der Waals surface area contributed by atoms with Crippen LogP contribution in [0.4, 0.5) is 4.39 Å². The van der Waals surface area contributed by atoms with Gasteiger partial charge in [0.2, 0.25) is 0 Å². The van der Waals surface area contributed by atoms with Crippen molar-refractivity contribution in [3.8, 4) is 5.75 Å². The lowest BCUT2D eigenvalue weighted by Crippen LogP contribution is -2.20. The van der Waals surface area contributed by atoms with E-state index in [0.29, 0.717) is 5.75 Å². The van der Waals surface area contributed by atoms with Gasteiger partial charge in [0.1, 0.15) is 11.6 Å². The van der Waals surface area contributed by atoms with E-state index in [-0.39, 0.29) is 11.6 Å². The summed E-state index contributed by atoms with van der Waals surface area (Å²) in [7, 11) is 0. The molecule has 0 aliphatic heterocycles. The number of hydrogen-bond acceptors (Lipinski definition) is 2. The smallest absolute Gasteiger partial charge is 0.169 e. The van der Waals surface area contributed by atoms with Gasteiger partial charge in [-0.1, -0.05) is 6.07 Å². The Balaban J connectivity index is 2.69. The van der Waals surface area contributed by atoms with Crippen molar-refractivity contribution in [3.63, 3.8) is 0 Å². The molecular formula is C10H11FO2. The van der Waals surface area contributed by atoms with Crippen LogP contribution in [0, 0.1) is 5.82 Å². The van der Waals surface area contributed by atoms with Gasteiger partial charge in [0.15, 0.2) is 11.9 Å². The molecule has 0 heterocycles. The first-order chi connectivity index (χ1) is 6.09. The molecule has 0 aliphatic rings. The fourth-order valence-corrected chi connectivity index (χ4v) is 0.827. The van der Waals surface area contributed by atoms with Gasteiger partial charge in [-0.05, 0) is 26.0 Å². The third-order valence-corrected chi connectivity index (χ3v) is 1.68. The Morgan fingerprint density at radius 3 is 2.77 bits per heavy atom. The number of carbonyl (C=O) groups is 1. The maximum Gasteiger partial charge on any atom is 0.169 e. The van der Waals surface area contributed by atoms with Crippen LogP contribution in [-0.2, 0) is 4.79 Å². The molecule has 0 saturated carbocycles. The van der Waals surface area contributed by atoms with E-state index in [1.54, 1.807) is 13.0 Å². The second-order valence-electron chi connectivity index (χ2n) is 2.83. The van der Waals surface area contributed by atoms with Gasteiger partial charge in [0.05, 0.1) is 0 Å². The molecule has 70 valence electrons. The Labute approximate surface area is 76.3 Å². The summed E-state index contributed by atoms with van der Waals surface area (Å²) in [6, 6.07) is 5.73. The minimum atomic E-state index is -0.526. The summed E-state index contributed by atoms with van der Waals surface area (Å²) < 4.78 is 17.8. The molecule has 0 amide bonds. The maximum atomic E-state index is 12.7. The summed E-state index contributed by atoms with van der Waals surface area (Å²) in [5.74, 6) is -0.0692. The van der Waals surface area contributed by atoms with Crippen LogP contribution in [0.15, 0.2) is 24.3 Å². The third-order valence-electron chi connectivity index (χ3n) is 1.68. The summed E-state index contributed by atoms with van der Waals surface area (Å²) in [4.78, 5) is 10.8. The fraction of sp³-hybridized carbons (Fsp3) is 0.300. The van der Waals surface area contributed by atoms with E-state index in [4.69, 9.17) is 4.74 Å². The number of benzene rings is 1. The Morgan fingerprint density at radius 1 is 1.54 bits per heavy atom. The Hall–Kier alpha value is -1.38. The molecule has 0 saturated heterocycles. The van der Waals surface area contributed by atoms with Crippen molar-refractivity contribution in [3.05, 3.63) is 30.1 Å². The summed E-state index contributed by atoms with van der Waals surface area (Å²) in [6.45, 7) is 3.07. The van der Waals surface area contributed by atoms with E-state index in [9.17, 15) is 9.18 Å². The van der Waals surface area contributed by atoms with Crippen LogP contribution in [0.25, 0.3) is 0 Å². The molecule has 0 radical (unpaired) electrons. The topological polar surface area (TPSA) is 26.3 Å². The van der Waals surface area contributed by atoms with Crippen molar-refractivity contribution in [1.29, 1.82) is 0 Å². The lowest BCUT2D eigenvalue weighted by Gasteiger charge is -2.10. The van der Waals surface area contributed by atoms with Crippen LogP contribution >= 0.6 is 0 Å². The number of rotatable bonds is 3. The highest BCUT2D eigenvalue weighted by Gasteiger charge is 2.08. The molecule has 2 nitrogen and oxygen atoms in total. The Kier molecular flexibility index (Phi) is 3.01. The normalized spacial score (nSPS) is 12.2. The zero-order valence-corrected chi connectivity index (χ0v) is 7.58. The van der Waals surface area contributed by atoms with Crippen LogP contribution < -0.4 is 4.74 Å². The van der Waals surface area contributed by atoms with Crippen LogP contribution in [0.2, 0.25) is 0 Å². The maximum absolute atomic E-state index is 12.7. The largest absolute Gasteiger partial charge is 0.483 e. The predicted molar refractivity (Wildman–Crippen MR) is 47.2 cm³/mol. The summed E-state index contributed by atoms with van der Waals surface area (Å²) in [5, 5.41) is 0. The molecular weight excluding hydrogens is 171 g/mol. The molecule has 0 fully saturated rings. The fourth-order valence-electron chi connectivity index (χ4n) is 0.827. The van der Waals surface area contributed by atoms with Gasteiger partial charge >= 0.3 is 0 Å². The average molecular weight is 182 g/mol. The standard InChI is InChI=1S/C10H11FO2/c1-7(12)8(2)13-10-5-3-4-9(11)6-10/h3-6,8H,1-2H3/t8-/m1/s1. The average Bonchev–Trinajstić information content (AvgIpc) is 2.04. The van der Waals surface area contributed by atoms with E-state index in [2.05, 4.69) is 0 Å². The van der Waals surface area contributed by atoms with Crippen LogP contribution in [0.3, 0.4) is 0 Å². The molecule has 13 heavy (non-hydrogen) atoms. The highest BCUT2D eigenvalue weighted by Crippen LogP contribution is 2.13. The summed E-state index contributed by atoms with van der Waals surface area (Å²) in [5.41, 5.74) is 0. The van der Waals surface area contributed by atoms with Crippen LogP contribution in [-0.4, -0.2) is 11.9 Å². The number of carbonyl (C=O) groups excluding carboxylic acids is 1. The third kappa shape index (κ3) is 2.86.